The van der Waals surface area contributed by atoms with E-state index < -0.39 is 5.92 Å². The highest BCUT2D eigenvalue weighted by atomic mass is 19.3. The molecular weight excluding hydrogens is 224 g/mol. The molecule has 3 atom stereocenters. The standard InChI is InChI=1S/C13H21F2NO/c14-13(15)4-3-9(7-13)8-16-10-1-2-11(16)6-12(17)5-10/h9-12,17H,1-8H2. The molecule has 0 amide bonds. The topological polar surface area (TPSA) is 23.5 Å². The number of aliphatic hydroxyl groups excluding tert-OH is 1. The van der Waals surface area contributed by atoms with Crippen molar-refractivity contribution >= 4 is 0 Å². The summed E-state index contributed by atoms with van der Waals surface area (Å²) in [5, 5.41) is 9.71. The molecule has 3 aliphatic rings. The third-order valence-corrected chi connectivity index (χ3v) is 4.83. The van der Waals surface area contributed by atoms with Crippen LogP contribution in [0.3, 0.4) is 0 Å². The molecule has 2 saturated heterocycles. The maximum absolute atomic E-state index is 13.2. The van der Waals surface area contributed by atoms with Gasteiger partial charge >= 0.3 is 0 Å². The zero-order valence-corrected chi connectivity index (χ0v) is 10.1. The summed E-state index contributed by atoms with van der Waals surface area (Å²) in [6.45, 7) is 0.831. The summed E-state index contributed by atoms with van der Waals surface area (Å²) in [6.07, 6.45) is 4.64. The van der Waals surface area contributed by atoms with Crippen LogP contribution in [0.15, 0.2) is 0 Å². The Balaban J connectivity index is 1.60. The second-order valence-electron chi connectivity index (χ2n) is 6.17. The fourth-order valence-electron chi connectivity index (χ4n) is 4.04. The maximum atomic E-state index is 13.2. The molecule has 1 saturated carbocycles. The van der Waals surface area contributed by atoms with Gasteiger partial charge in [0.25, 0.3) is 0 Å². The molecule has 0 aromatic carbocycles. The lowest BCUT2D eigenvalue weighted by molar-refractivity contribution is -0.00373. The predicted octanol–water partition coefficient (Wildman–Crippen LogP) is 2.41. The van der Waals surface area contributed by atoms with Crippen molar-refractivity contribution in [1.29, 1.82) is 0 Å². The van der Waals surface area contributed by atoms with Crippen molar-refractivity contribution in [3.05, 3.63) is 0 Å². The molecule has 0 aromatic heterocycles. The quantitative estimate of drug-likeness (QED) is 0.807. The summed E-state index contributed by atoms with van der Waals surface area (Å²) in [6, 6.07) is 0.913. The van der Waals surface area contributed by atoms with Gasteiger partial charge in [-0.1, -0.05) is 0 Å². The van der Waals surface area contributed by atoms with Crippen molar-refractivity contribution in [2.45, 2.75) is 69.1 Å². The van der Waals surface area contributed by atoms with Gasteiger partial charge in [-0.2, -0.15) is 0 Å². The molecular formula is C13H21F2NO. The highest BCUT2D eigenvalue weighted by Gasteiger charge is 2.44. The molecule has 3 unspecified atom stereocenters. The van der Waals surface area contributed by atoms with E-state index in [9.17, 15) is 13.9 Å². The molecule has 0 radical (unpaired) electrons. The van der Waals surface area contributed by atoms with Gasteiger partial charge in [0.1, 0.15) is 0 Å². The van der Waals surface area contributed by atoms with Gasteiger partial charge in [-0.05, 0) is 38.0 Å². The molecule has 3 rings (SSSR count). The van der Waals surface area contributed by atoms with Gasteiger partial charge in [-0.3, -0.25) is 4.90 Å². The number of piperidine rings is 1. The van der Waals surface area contributed by atoms with E-state index in [1.807, 2.05) is 0 Å². The normalized spacial score (nSPS) is 45.4. The molecule has 2 aliphatic heterocycles. The third-order valence-electron chi connectivity index (χ3n) is 4.83. The fraction of sp³-hybridized carbons (Fsp3) is 1.00. The molecule has 2 bridgehead atoms. The summed E-state index contributed by atoms with van der Waals surface area (Å²) < 4.78 is 26.3. The minimum absolute atomic E-state index is 0.0729. The van der Waals surface area contributed by atoms with E-state index in [2.05, 4.69) is 4.90 Å². The zero-order valence-electron chi connectivity index (χ0n) is 10.1. The Hall–Kier alpha value is -0.220. The average molecular weight is 245 g/mol. The molecule has 0 spiro atoms. The Morgan fingerprint density at radius 3 is 2.29 bits per heavy atom. The average Bonchev–Trinajstić information content (AvgIpc) is 2.68. The summed E-state index contributed by atoms with van der Waals surface area (Å²) in [5.41, 5.74) is 0. The Kier molecular flexibility index (Phi) is 2.90. The molecule has 17 heavy (non-hydrogen) atoms. The number of rotatable bonds is 2. The lowest BCUT2D eigenvalue weighted by atomic mass is 9.97. The summed E-state index contributed by atoms with van der Waals surface area (Å²) in [4.78, 5) is 2.42. The van der Waals surface area contributed by atoms with Gasteiger partial charge in [0.2, 0.25) is 5.92 Å². The number of halogens is 2. The first kappa shape index (κ1) is 11.8. The van der Waals surface area contributed by atoms with Crippen molar-refractivity contribution in [3.8, 4) is 0 Å². The minimum Gasteiger partial charge on any atom is -0.393 e. The second kappa shape index (κ2) is 4.16. The maximum Gasteiger partial charge on any atom is 0.248 e. The first-order valence-electron chi connectivity index (χ1n) is 6.85. The Morgan fingerprint density at radius 1 is 1.12 bits per heavy atom. The summed E-state index contributed by atoms with van der Waals surface area (Å²) >= 11 is 0. The highest BCUT2D eigenvalue weighted by molar-refractivity contribution is 4.97. The van der Waals surface area contributed by atoms with Crippen LogP contribution in [0.4, 0.5) is 8.78 Å². The zero-order chi connectivity index (χ0) is 12.0. The minimum atomic E-state index is -2.42. The van der Waals surface area contributed by atoms with E-state index >= 15 is 0 Å². The molecule has 1 aliphatic carbocycles. The van der Waals surface area contributed by atoms with Crippen LogP contribution >= 0.6 is 0 Å². The van der Waals surface area contributed by atoms with E-state index in [1.54, 1.807) is 0 Å². The Labute approximate surface area is 101 Å². The van der Waals surface area contributed by atoms with Gasteiger partial charge in [0.15, 0.2) is 0 Å². The molecule has 2 nitrogen and oxygen atoms in total. The molecule has 4 heteroatoms. The van der Waals surface area contributed by atoms with Crippen LogP contribution < -0.4 is 0 Å². The third kappa shape index (κ3) is 2.34. The van der Waals surface area contributed by atoms with Crippen LogP contribution in [0.25, 0.3) is 0 Å². The fourth-order valence-corrected chi connectivity index (χ4v) is 4.04. The smallest absolute Gasteiger partial charge is 0.248 e. The van der Waals surface area contributed by atoms with Crippen LogP contribution in [0, 0.1) is 5.92 Å². The van der Waals surface area contributed by atoms with Crippen LogP contribution in [0.2, 0.25) is 0 Å². The lowest BCUT2D eigenvalue weighted by Crippen LogP contribution is -2.46. The van der Waals surface area contributed by atoms with Crippen molar-refractivity contribution < 1.29 is 13.9 Å². The van der Waals surface area contributed by atoms with Crippen LogP contribution in [0.5, 0.6) is 0 Å². The van der Waals surface area contributed by atoms with Crippen molar-refractivity contribution in [1.82, 2.24) is 4.90 Å². The summed E-state index contributed by atoms with van der Waals surface area (Å²) in [5.74, 6) is -2.25. The number of aliphatic hydroxyl groups is 1. The highest BCUT2D eigenvalue weighted by Crippen LogP contribution is 2.42. The van der Waals surface area contributed by atoms with Gasteiger partial charge in [-0.15, -0.1) is 0 Å². The first-order chi connectivity index (χ1) is 8.03. The van der Waals surface area contributed by atoms with Crippen molar-refractivity contribution in [2.75, 3.05) is 6.54 Å². The van der Waals surface area contributed by atoms with E-state index in [0.717, 1.165) is 32.2 Å². The number of nitrogens with zero attached hydrogens (tertiary/aromatic N) is 1. The van der Waals surface area contributed by atoms with Gasteiger partial charge in [0, 0.05) is 31.5 Å². The monoisotopic (exact) mass is 245 g/mol. The Bertz CT molecular complexity index is 283. The van der Waals surface area contributed by atoms with Gasteiger partial charge in [0.05, 0.1) is 6.10 Å². The largest absolute Gasteiger partial charge is 0.393 e. The first-order valence-corrected chi connectivity index (χ1v) is 6.85. The predicted molar refractivity (Wildman–Crippen MR) is 61.0 cm³/mol. The van der Waals surface area contributed by atoms with E-state index in [1.165, 1.54) is 0 Å². The van der Waals surface area contributed by atoms with Crippen molar-refractivity contribution in [3.63, 3.8) is 0 Å². The van der Waals surface area contributed by atoms with Crippen LogP contribution in [-0.4, -0.2) is 40.7 Å². The lowest BCUT2D eigenvalue weighted by Gasteiger charge is -2.38. The molecule has 98 valence electrons. The van der Waals surface area contributed by atoms with Gasteiger partial charge < -0.3 is 5.11 Å². The summed E-state index contributed by atoms with van der Waals surface area (Å²) in [7, 11) is 0. The van der Waals surface area contributed by atoms with E-state index in [-0.39, 0.29) is 24.9 Å². The van der Waals surface area contributed by atoms with Crippen LogP contribution in [-0.2, 0) is 0 Å². The number of fused-ring (bicyclic) bond motifs is 2. The van der Waals surface area contributed by atoms with Crippen molar-refractivity contribution in [2.24, 2.45) is 5.92 Å². The number of hydrogen-bond acceptors (Lipinski definition) is 2. The number of hydrogen-bond donors (Lipinski definition) is 1. The Morgan fingerprint density at radius 2 is 1.76 bits per heavy atom. The molecule has 3 fully saturated rings. The van der Waals surface area contributed by atoms with Gasteiger partial charge in [-0.25, -0.2) is 8.78 Å². The van der Waals surface area contributed by atoms with E-state index in [0.29, 0.717) is 18.5 Å². The molecule has 0 aromatic rings. The second-order valence-corrected chi connectivity index (χ2v) is 6.17. The molecule has 1 N–H and O–H groups in total. The van der Waals surface area contributed by atoms with Crippen LogP contribution in [0.1, 0.15) is 44.9 Å². The van der Waals surface area contributed by atoms with E-state index in [4.69, 9.17) is 0 Å². The SMILES string of the molecule is OC1CC2CCC(C1)N2CC1CCC(F)(F)C1. The molecule has 2 heterocycles. The number of alkyl halides is 2.